The maximum Gasteiger partial charge on any atom is 0.244 e. The zero-order valence-electron chi connectivity index (χ0n) is 20.3. The molecule has 1 amide bonds. The third-order valence-corrected chi connectivity index (χ3v) is 6.01. The number of ketones is 1. The Morgan fingerprint density at radius 2 is 1.62 bits per heavy atom. The molecule has 1 aliphatic rings. The number of benzene rings is 3. The van der Waals surface area contributed by atoms with Gasteiger partial charge >= 0.3 is 0 Å². The first kappa shape index (κ1) is 23.9. The molecule has 188 valence electrons. The predicted molar refractivity (Wildman–Crippen MR) is 137 cm³/mol. The summed E-state index contributed by atoms with van der Waals surface area (Å²) in [6, 6.07) is 16.8. The zero-order valence-corrected chi connectivity index (χ0v) is 20.3. The number of methoxy groups -OCH3 is 2. The number of nitrogens with zero attached hydrogens (tertiary/aromatic N) is 1. The highest BCUT2D eigenvalue weighted by Gasteiger charge is 2.21. The van der Waals surface area contributed by atoms with E-state index in [1.807, 2.05) is 0 Å². The zero-order chi connectivity index (χ0) is 25.9. The van der Waals surface area contributed by atoms with Crippen molar-refractivity contribution in [1.29, 1.82) is 0 Å². The van der Waals surface area contributed by atoms with Crippen molar-refractivity contribution in [2.24, 2.45) is 0 Å². The topological polar surface area (TPSA) is 105 Å². The maximum absolute atomic E-state index is 13.4. The summed E-state index contributed by atoms with van der Waals surface area (Å²) in [5.41, 5.74) is 0.794. The first-order valence-corrected chi connectivity index (χ1v) is 11.6. The first-order chi connectivity index (χ1) is 18.0. The molecule has 0 unspecified atom stereocenters. The van der Waals surface area contributed by atoms with Crippen LogP contribution in [0.1, 0.15) is 15.9 Å². The van der Waals surface area contributed by atoms with Gasteiger partial charge in [-0.1, -0.05) is 30.3 Å². The smallest absolute Gasteiger partial charge is 0.244 e. The van der Waals surface area contributed by atoms with Gasteiger partial charge in [-0.05, 0) is 18.2 Å². The normalized spacial score (nSPS) is 12.2. The third-order valence-electron chi connectivity index (χ3n) is 6.01. The average Bonchev–Trinajstić information content (AvgIpc) is 2.93. The Balaban J connectivity index is 1.55. The van der Waals surface area contributed by atoms with Gasteiger partial charge in [0.05, 0.1) is 30.7 Å². The fourth-order valence-corrected chi connectivity index (χ4v) is 4.23. The molecular weight excluding hydrogens is 476 g/mol. The van der Waals surface area contributed by atoms with E-state index in [-0.39, 0.29) is 23.4 Å². The molecule has 0 spiro atoms. The Morgan fingerprint density at radius 3 is 2.35 bits per heavy atom. The molecule has 0 bridgehead atoms. The minimum atomic E-state index is -0.465. The van der Waals surface area contributed by atoms with Crippen molar-refractivity contribution >= 4 is 28.3 Å². The average molecular weight is 501 g/mol. The molecule has 5 rings (SSSR count). The second kappa shape index (κ2) is 10.1. The Bertz CT molecular complexity index is 1560. The molecule has 9 heteroatoms. The molecule has 9 nitrogen and oxygen atoms in total. The number of hydrogen-bond donors (Lipinski definition) is 1. The van der Waals surface area contributed by atoms with E-state index in [2.05, 4.69) is 5.32 Å². The number of anilines is 1. The molecule has 3 aromatic carbocycles. The summed E-state index contributed by atoms with van der Waals surface area (Å²) in [5.74, 6) is 1.07. The summed E-state index contributed by atoms with van der Waals surface area (Å²) < 4.78 is 23.4. The summed E-state index contributed by atoms with van der Waals surface area (Å²) >= 11 is 0. The standard InChI is InChI=1S/C28H24N2O7/c1-34-23-13-19-21(14-24(23)35-2)30(15-20(28(19)33)27(32)17-6-4-3-5-7-17)16-26(31)29-18-8-9-22-25(12-18)37-11-10-36-22/h3-9,12-15H,10-11,16H2,1-2H3,(H,29,31). The molecule has 2 heterocycles. The lowest BCUT2D eigenvalue weighted by atomic mass is 10.0. The van der Waals surface area contributed by atoms with Gasteiger partial charge in [0.15, 0.2) is 28.8 Å². The Labute approximate surface area is 212 Å². The van der Waals surface area contributed by atoms with Crippen LogP contribution in [0.5, 0.6) is 23.0 Å². The van der Waals surface area contributed by atoms with E-state index in [0.717, 1.165) is 0 Å². The molecule has 0 saturated carbocycles. The Morgan fingerprint density at radius 1 is 0.919 bits per heavy atom. The van der Waals surface area contributed by atoms with Gasteiger partial charge in [-0.2, -0.15) is 0 Å². The fraction of sp³-hybridized carbons (Fsp3) is 0.179. The summed E-state index contributed by atoms with van der Waals surface area (Å²) in [6.07, 6.45) is 1.41. The number of amides is 1. The van der Waals surface area contributed by atoms with E-state index < -0.39 is 11.2 Å². The molecule has 4 aromatic rings. The van der Waals surface area contributed by atoms with Crippen molar-refractivity contribution in [3.63, 3.8) is 0 Å². The van der Waals surface area contributed by atoms with Gasteiger partial charge < -0.3 is 28.8 Å². The van der Waals surface area contributed by atoms with Crippen LogP contribution in [0.2, 0.25) is 0 Å². The van der Waals surface area contributed by atoms with Gasteiger partial charge in [0, 0.05) is 29.6 Å². The van der Waals surface area contributed by atoms with Crippen molar-refractivity contribution in [2.75, 3.05) is 32.8 Å². The number of ether oxygens (including phenoxy) is 4. The molecule has 0 radical (unpaired) electrons. The Kier molecular flexibility index (Phi) is 6.51. The van der Waals surface area contributed by atoms with Gasteiger partial charge in [-0.15, -0.1) is 0 Å². The van der Waals surface area contributed by atoms with E-state index in [9.17, 15) is 14.4 Å². The van der Waals surface area contributed by atoms with Gasteiger partial charge in [0.1, 0.15) is 19.8 Å². The van der Waals surface area contributed by atoms with Crippen molar-refractivity contribution in [3.05, 3.63) is 88.2 Å². The first-order valence-electron chi connectivity index (χ1n) is 11.6. The second-order valence-electron chi connectivity index (χ2n) is 8.33. The van der Waals surface area contributed by atoms with Crippen LogP contribution in [0.3, 0.4) is 0 Å². The minimum Gasteiger partial charge on any atom is -0.493 e. The van der Waals surface area contributed by atoms with Crippen molar-refractivity contribution < 1.29 is 28.5 Å². The number of nitrogens with one attached hydrogen (secondary N) is 1. The van der Waals surface area contributed by atoms with Crippen molar-refractivity contribution in [1.82, 2.24) is 4.57 Å². The third kappa shape index (κ3) is 4.71. The van der Waals surface area contributed by atoms with Crippen LogP contribution < -0.4 is 29.7 Å². The maximum atomic E-state index is 13.4. The van der Waals surface area contributed by atoms with Crippen LogP contribution in [0.15, 0.2) is 71.7 Å². The lowest BCUT2D eigenvalue weighted by Crippen LogP contribution is -2.24. The van der Waals surface area contributed by atoms with Crippen LogP contribution >= 0.6 is 0 Å². The van der Waals surface area contributed by atoms with Crippen molar-refractivity contribution in [3.8, 4) is 23.0 Å². The number of carbonyl (C=O) groups excluding carboxylic acids is 2. The van der Waals surface area contributed by atoms with E-state index in [1.165, 1.54) is 26.5 Å². The molecule has 0 aliphatic carbocycles. The highest BCUT2D eigenvalue weighted by Crippen LogP contribution is 2.33. The molecule has 1 aliphatic heterocycles. The number of fused-ring (bicyclic) bond motifs is 2. The van der Waals surface area contributed by atoms with E-state index in [0.29, 0.717) is 53.0 Å². The van der Waals surface area contributed by atoms with E-state index >= 15 is 0 Å². The van der Waals surface area contributed by atoms with Gasteiger partial charge in [-0.25, -0.2) is 0 Å². The van der Waals surface area contributed by atoms with E-state index in [4.69, 9.17) is 18.9 Å². The van der Waals surface area contributed by atoms with Crippen LogP contribution in [0.25, 0.3) is 10.9 Å². The van der Waals surface area contributed by atoms with Crippen LogP contribution in [-0.2, 0) is 11.3 Å². The number of rotatable bonds is 7. The minimum absolute atomic E-state index is 0.0574. The summed E-state index contributed by atoms with van der Waals surface area (Å²) in [4.78, 5) is 39.8. The SMILES string of the molecule is COc1cc2c(=O)c(C(=O)c3ccccc3)cn(CC(=O)Nc3ccc4c(c3)OCCO4)c2cc1OC. The fourth-order valence-electron chi connectivity index (χ4n) is 4.23. The van der Waals surface area contributed by atoms with Gasteiger partial charge in [0.25, 0.3) is 0 Å². The molecule has 37 heavy (non-hydrogen) atoms. The lowest BCUT2D eigenvalue weighted by molar-refractivity contribution is -0.116. The summed E-state index contributed by atoms with van der Waals surface area (Å²) in [5, 5.41) is 3.07. The van der Waals surface area contributed by atoms with Crippen LogP contribution in [0.4, 0.5) is 5.69 Å². The van der Waals surface area contributed by atoms with E-state index in [1.54, 1.807) is 59.2 Å². The summed E-state index contributed by atoms with van der Waals surface area (Å²) in [7, 11) is 2.94. The summed E-state index contributed by atoms with van der Waals surface area (Å²) in [6.45, 7) is 0.726. The second-order valence-corrected chi connectivity index (χ2v) is 8.33. The highest BCUT2D eigenvalue weighted by atomic mass is 16.6. The highest BCUT2D eigenvalue weighted by molar-refractivity contribution is 6.10. The number of carbonyl (C=O) groups is 2. The van der Waals surface area contributed by atoms with Gasteiger partial charge in [-0.3, -0.25) is 14.4 Å². The van der Waals surface area contributed by atoms with Gasteiger partial charge in [0.2, 0.25) is 11.3 Å². The van der Waals surface area contributed by atoms with Crippen LogP contribution in [-0.4, -0.2) is 43.7 Å². The predicted octanol–water partition coefficient (Wildman–Crippen LogP) is 3.66. The lowest BCUT2D eigenvalue weighted by Gasteiger charge is -2.19. The molecule has 0 atom stereocenters. The molecule has 0 fully saturated rings. The monoisotopic (exact) mass is 500 g/mol. The van der Waals surface area contributed by atoms with Crippen molar-refractivity contribution in [2.45, 2.75) is 6.54 Å². The Hall–Kier alpha value is -4.79. The molecule has 1 aromatic heterocycles. The quantitative estimate of drug-likeness (QED) is 0.386. The van der Waals surface area contributed by atoms with Crippen LogP contribution in [0, 0.1) is 0 Å². The largest absolute Gasteiger partial charge is 0.493 e. The number of hydrogen-bond acceptors (Lipinski definition) is 7. The molecule has 1 N–H and O–H groups in total. The number of aromatic nitrogens is 1. The number of pyridine rings is 1. The molecule has 0 saturated heterocycles. The molecular formula is C28H24N2O7.